The zero-order valence-electron chi connectivity index (χ0n) is 10.4. The van der Waals surface area contributed by atoms with Gasteiger partial charge in [0.2, 0.25) is 0 Å². The summed E-state index contributed by atoms with van der Waals surface area (Å²) in [4.78, 5) is 4.49. The monoisotopic (exact) mass is 232 g/mol. The minimum Gasteiger partial charge on any atom is -0.497 e. The number of nitrogens with two attached hydrogens (primary N) is 1. The molecule has 3 nitrogen and oxygen atoms in total. The largest absolute Gasteiger partial charge is 0.497 e. The van der Waals surface area contributed by atoms with Gasteiger partial charge >= 0.3 is 0 Å². The van der Waals surface area contributed by atoms with Crippen molar-refractivity contribution in [3.8, 4) is 5.75 Å². The van der Waals surface area contributed by atoms with Crippen molar-refractivity contribution in [2.45, 2.75) is 32.2 Å². The van der Waals surface area contributed by atoms with E-state index in [4.69, 9.17) is 10.5 Å². The second-order valence-corrected chi connectivity index (χ2v) is 4.57. The van der Waals surface area contributed by atoms with Crippen LogP contribution in [0.4, 0.5) is 0 Å². The Kier molecular flexibility index (Phi) is 4.02. The highest BCUT2D eigenvalue weighted by Gasteiger charge is 2.18. The maximum Gasteiger partial charge on any atom is 0.118 e. The van der Waals surface area contributed by atoms with Crippen molar-refractivity contribution in [3.05, 3.63) is 29.8 Å². The molecule has 0 spiro atoms. The van der Waals surface area contributed by atoms with Crippen LogP contribution in [0.25, 0.3) is 0 Å². The molecule has 3 heteroatoms. The van der Waals surface area contributed by atoms with Crippen molar-refractivity contribution < 1.29 is 4.74 Å². The first-order chi connectivity index (χ1) is 8.29. The van der Waals surface area contributed by atoms with Gasteiger partial charge in [0, 0.05) is 5.92 Å². The van der Waals surface area contributed by atoms with E-state index in [1.165, 1.54) is 31.2 Å². The molecule has 1 aliphatic rings. The van der Waals surface area contributed by atoms with Crippen LogP contribution in [0, 0.1) is 5.92 Å². The van der Waals surface area contributed by atoms with Gasteiger partial charge in [-0.2, -0.15) is 0 Å². The SMILES string of the molecule is COc1ccc(CN=C(N)C2CCCC2)cc1. The first kappa shape index (κ1) is 12.0. The van der Waals surface area contributed by atoms with Gasteiger partial charge in [0.05, 0.1) is 19.5 Å². The summed E-state index contributed by atoms with van der Waals surface area (Å²) in [6.07, 6.45) is 5.00. The summed E-state index contributed by atoms with van der Waals surface area (Å²) in [5.74, 6) is 2.23. The number of hydrogen-bond acceptors (Lipinski definition) is 2. The summed E-state index contributed by atoms with van der Waals surface area (Å²) in [5, 5.41) is 0. The standard InChI is InChI=1S/C14H20N2O/c1-17-13-8-6-11(7-9-13)10-16-14(15)12-4-2-3-5-12/h6-9,12H,2-5,10H2,1H3,(H2,15,16). The molecule has 17 heavy (non-hydrogen) atoms. The highest BCUT2D eigenvalue weighted by molar-refractivity contribution is 5.83. The summed E-state index contributed by atoms with van der Waals surface area (Å²) in [6, 6.07) is 7.97. The molecule has 0 aliphatic heterocycles. The molecule has 0 radical (unpaired) electrons. The van der Waals surface area contributed by atoms with Crippen LogP contribution in [-0.4, -0.2) is 12.9 Å². The van der Waals surface area contributed by atoms with E-state index in [0.29, 0.717) is 12.5 Å². The molecule has 0 aromatic heterocycles. The summed E-state index contributed by atoms with van der Waals surface area (Å²) in [6.45, 7) is 0.673. The number of hydrogen-bond donors (Lipinski definition) is 1. The summed E-state index contributed by atoms with van der Waals surface area (Å²) in [7, 11) is 1.67. The number of aliphatic imine (C=N–C) groups is 1. The van der Waals surface area contributed by atoms with Crippen molar-refractivity contribution in [2.75, 3.05) is 7.11 Å². The number of methoxy groups -OCH3 is 1. The van der Waals surface area contributed by atoms with Gasteiger partial charge < -0.3 is 10.5 Å². The van der Waals surface area contributed by atoms with E-state index in [1.54, 1.807) is 7.11 Å². The predicted molar refractivity (Wildman–Crippen MR) is 70.3 cm³/mol. The lowest BCUT2D eigenvalue weighted by Gasteiger charge is -2.08. The van der Waals surface area contributed by atoms with Crippen LogP contribution in [0.2, 0.25) is 0 Å². The van der Waals surface area contributed by atoms with Gasteiger partial charge in [-0.3, -0.25) is 4.99 Å². The van der Waals surface area contributed by atoms with E-state index >= 15 is 0 Å². The highest BCUT2D eigenvalue weighted by atomic mass is 16.5. The van der Waals surface area contributed by atoms with Crippen molar-refractivity contribution in [1.29, 1.82) is 0 Å². The van der Waals surface area contributed by atoms with Crippen molar-refractivity contribution in [3.63, 3.8) is 0 Å². The first-order valence-corrected chi connectivity index (χ1v) is 6.22. The lowest BCUT2D eigenvalue weighted by molar-refractivity contribution is 0.414. The predicted octanol–water partition coefficient (Wildman–Crippen LogP) is 2.74. The molecule has 0 bridgehead atoms. The number of benzene rings is 1. The van der Waals surface area contributed by atoms with Crippen LogP contribution in [0.5, 0.6) is 5.75 Å². The molecule has 0 unspecified atom stereocenters. The Morgan fingerprint density at radius 2 is 1.94 bits per heavy atom. The smallest absolute Gasteiger partial charge is 0.118 e. The topological polar surface area (TPSA) is 47.6 Å². The molecule has 1 aromatic carbocycles. The Bertz CT molecular complexity index is 378. The molecular formula is C14H20N2O. The fourth-order valence-electron chi connectivity index (χ4n) is 2.26. The lowest BCUT2D eigenvalue weighted by Crippen LogP contribution is -2.21. The fraction of sp³-hybridized carbons (Fsp3) is 0.500. The zero-order chi connectivity index (χ0) is 12.1. The summed E-state index contributed by atoms with van der Waals surface area (Å²) < 4.78 is 5.12. The first-order valence-electron chi connectivity index (χ1n) is 6.22. The van der Waals surface area contributed by atoms with E-state index in [0.717, 1.165) is 11.6 Å². The highest BCUT2D eigenvalue weighted by Crippen LogP contribution is 2.24. The van der Waals surface area contributed by atoms with Crippen LogP contribution < -0.4 is 10.5 Å². The van der Waals surface area contributed by atoms with E-state index in [2.05, 4.69) is 4.99 Å². The molecule has 1 fully saturated rings. The van der Waals surface area contributed by atoms with Crippen LogP contribution in [0.3, 0.4) is 0 Å². The van der Waals surface area contributed by atoms with Gasteiger partial charge in [-0.05, 0) is 30.5 Å². The van der Waals surface area contributed by atoms with Gasteiger partial charge in [-0.1, -0.05) is 25.0 Å². The lowest BCUT2D eigenvalue weighted by atomic mass is 10.1. The van der Waals surface area contributed by atoms with Crippen molar-refractivity contribution in [2.24, 2.45) is 16.6 Å². The molecule has 1 aromatic rings. The minimum atomic E-state index is 0.522. The fourth-order valence-corrected chi connectivity index (χ4v) is 2.26. The van der Waals surface area contributed by atoms with Gasteiger partial charge in [0.1, 0.15) is 5.75 Å². The number of nitrogens with zero attached hydrogens (tertiary/aromatic N) is 1. The zero-order valence-corrected chi connectivity index (χ0v) is 10.4. The molecule has 0 atom stereocenters. The normalized spacial score (nSPS) is 17.4. The Labute approximate surface area is 103 Å². The summed E-state index contributed by atoms with van der Waals surface area (Å²) >= 11 is 0. The van der Waals surface area contributed by atoms with Gasteiger partial charge in [-0.15, -0.1) is 0 Å². The third-order valence-corrected chi connectivity index (χ3v) is 3.38. The number of ether oxygens (including phenoxy) is 1. The Balaban J connectivity index is 1.93. The molecule has 92 valence electrons. The van der Waals surface area contributed by atoms with Crippen molar-refractivity contribution in [1.82, 2.24) is 0 Å². The Morgan fingerprint density at radius 1 is 1.29 bits per heavy atom. The average molecular weight is 232 g/mol. The van der Waals surface area contributed by atoms with Gasteiger partial charge in [0.15, 0.2) is 0 Å². The molecular weight excluding hydrogens is 212 g/mol. The van der Waals surface area contributed by atoms with Gasteiger partial charge in [0.25, 0.3) is 0 Å². The molecule has 0 heterocycles. The van der Waals surface area contributed by atoms with Crippen LogP contribution in [-0.2, 0) is 6.54 Å². The Morgan fingerprint density at radius 3 is 2.53 bits per heavy atom. The maximum atomic E-state index is 6.01. The number of amidine groups is 1. The minimum absolute atomic E-state index is 0.522. The molecule has 1 saturated carbocycles. The average Bonchev–Trinajstić information content (AvgIpc) is 2.90. The molecule has 2 rings (SSSR count). The van der Waals surface area contributed by atoms with Gasteiger partial charge in [-0.25, -0.2) is 0 Å². The van der Waals surface area contributed by atoms with Crippen LogP contribution in [0.1, 0.15) is 31.2 Å². The van der Waals surface area contributed by atoms with Crippen LogP contribution >= 0.6 is 0 Å². The van der Waals surface area contributed by atoms with Crippen LogP contribution in [0.15, 0.2) is 29.3 Å². The van der Waals surface area contributed by atoms with E-state index in [-0.39, 0.29) is 0 Å². The third kappa shape index (κ3) is 3.22. The molecule has 1 aliphatic carbocycles. The van der Waals surface area contributed by atoms with E-state index in [1.807, 2.05) is 24.3 Å². The van der Waals surface area contributed by atoms with Crippen molar-refractivity contribution >= 4 is 5.84 Å². The van der Waals surface area contributed by atoms with E-state index < -0.39 is 0 Å². The number of rotatable bonds is 4. The second kappa shape index (κ2) is 5.71. The third-order valence-electron chi connectivity index (χ3n) is 3.38. The molecule has 0 amide bonds. The summed E-state index contributed by atoms with van der Waals surface area (Å²) in [5.41, 5.74) is 7.18. The molecule has 0 saturated heterocycles. The molecule has 2 N–H and O–H groups in total. The second-order valence-electron chi connectivity index (χ2n) is 4.57. The Hall–Kier alpha value is -1.51. The van der Waals surface area contributed by atoms with E-state index in [9.17, 15) is 0 Å². The quantitative estimate of drug-likeness (QED) is 0.641. The maximum absolute atomic E-state index is 6.01.